The Morgan fingerprint density at radius 1 is 0.868 bits per heavy atom. The molecular formula is C25H34ClN5O7. The molecule has 6 N–H and O–H groups in total. The number of nitrogens with zero attached hydrogens (tertiary/aromatic N) is 1. The number of aliphatic hydroxyl groups excluding tert-OH is 2. The molecule has 38 heavy (non-hydrogen) atoms. The van der Waals surface area contributed by atoms with Crippen molar-refractivity contribution in [1.82, 2.24) is 26.2 Å². The van der Waals surface area contributed by atoms with Gasteiger partial charge in [-0.2, -0.15) is 0 Å². The summed E-state index contributed by atoms with van der Waals surface area (Å²) in [6, 6.07) is 2.94. The molecule has 208 valence electrons. The molecule has 0 bridgehead atoms. The molecule has 12 nitrogen and oxygen atoms in total. The second kappa shape index (κ2) is 13.0. The van der Waals surface area contributed by atoms with Gasteiger partial charge in [0.1, 0.15) is 30.3 Å². The van der Waals surface area contributed by atoms with E-state index in [4.69, 9.17) is 11.6 Å². The van der Waals surface area contributed by atoms with Gasteiger partial charge in [-0.05, 0) is 18.4 Å². The van der Waals surface area contributed by atoms with Gasteiger partial charge in [0, 0.05) is 6.54 Å². The predicted molar refractivity (Wildman–Crippen MR) is 137 cm³/mol. The van der Waals surface area contributed by atoms with Crippen LogP contribution in [0, 0.1) is 0 Å². The maximum absolute atomic E-state index is 13.4. The first-order valence-corrected chi connectivity index (χ1v) is 13.0. The lowest BCUT2D eigenvalue weighted by molar-refractivity contribution is -0.144. The number of fused-ring (bicyclic) bond motifs is 1. The summed E-state index contributed by atoms with van der Waals surface area (Å²) in [4.78, 5) is 66.7. The lowest BCUT2D eigenvalue weighted by Crippen LogP contribution is -2.60. The van der Waals surface area contributed by atoms with Crippen LogP contribution in [0.15, 0.2) is 30.3 Å². The molecule has 2 heterocycles. The lowest BCUT2D eigenvalue weighted by atomic mass is 10.0. The highest BCUT2D eigenvalue weighted by Gasteiger charge is 2.48. The molecule has 1 aromatic carbocycles. The largest absolute Gasteiger partial charge is 0.394 e. The Hall–Kier alpha value is -3.22. The fourth-order valence-corrected chi connectivity index (χ4v) is 4.87. The summed E-state index contributed by atoms with van der Waals surface area (Å²) < 4.78 is 0. The zero-order valence-corrected chi connectivity index (χ0v) is 22.0. The highest BCUT2D eigenvalue weighted by atomic mass is 35.5. The van der Waals surface area contributed by atoms with E-state index < -0.39 is 77.8 Å². The molecule has 2 saturated heterocycles. The fourth-order valence-electron chi connectivity index (χ4n) is 4.58. The Bertz CT molecular complexity index is 1040. The van der Waals surface area contributed by atoms with E-state index in [-0.39, 0.29) is 25.8 Å². The van der Waals surface area contributed by atoms with E-state index in [1.54, 1.807) is 44.2 Å². The van der Waals surface area contributed by atoms with Crippen LogP contribution in [0.3, 0.4) is 0 Å². The van der Waals surface area contributed by atoms with Gasteiger partial charge in [-0.15, -0.1) is 11.6 Å². The first kappa shape index (κ1) is 29.3. The van der Waals surface area contributed by atoms with E-state index in [0.29, 0.717) is 5.56 Å². The minimum absolute atomic E-state index is 0.124. The number of benzene rings is 1. The normalized spacial score (nSPS) is 31.7. The van der Waals surface area contributed by atoms with Crippen LogP contribution in [0.4, 0.5) is 0 Å². The first-order valence-electron chi connectivity index (χ1n) is 12.6. The van der Waals surface area contributed by atoms with Crippen LogP contribution in [0.1, 0.15) is 44.7 Å². The Balaban J connectivity index is 2.00. The van der Waals surface area contributed by atoms with Crippen LogP contribution < -0.4 is 21.3 Å². The molecule has 13 heteroatoms. The molecule has 2 aliphatic heterocycles. The van der Waals surface area contributed by atoms with Crippen molar-refractivity contribution in [2.75, 3.05) is 13.2 Å². The van der Waals surface area contributed by atoms with Crippen molar-refractivity contribution in [3.8, 4) is 0 Å². The number of carbonyl (C=O) groups is 5. The number of rotatable bonds is 4. The molecule has 7 unspecified atom stereocenters. The minimum Gasteiger partial charge on any atom is -0.394 e. The van der Waals surface area contributed by atoms with E-state index >= 15 is 0 Å². The van der Waals surface area contributed by atoms with Crippen LogP contribution in [-0.2, 0) is 24.0 Å². The van der Waals surface area contributed by atoms with Gasteiger partial charge in [0.05, 0.1) is 24.4 Å². The average Bonchev–Trinajstić information content (AvgIpc) is 3.21. The molecule has 3 rings (SSSR count). The van der Waals surface area contributed by atoms with Gasteiger partial charge in [-0.3, -0.25) is 24.0 Å². The maximum atomic E-state index is 13.4. The van der Waals surface area contributed by atoms with Crippen molar-refractivity contribution in [2.24, 2.45) is 0 Å². The number of hydrogen-bond donors (Lipinski definition) is 6. The summed E-state index contributed by atoms with van der Waals surface area (Å²) in [5.41, 5.74) is 0.603. The van der Waals surface area contributed by atoms with E-state index in [0.717, 1.165) is 4.90 Å². The number of hydrogen-bond acceptors (Lipinski definition) is 7. The molecule has 0 saturated carbocycles. The Morgan fingerprint density at radius 2 is 1.47 bits per heavy atom. The zero-order chi connectivity index (χ0) is 28.0. The van der Waals surface area contributed by atoms with E-state index in [1.165, 1.54) is 0 Å². The SMILES string of the molecule is CCC1NC(=O)C2C(O)C(Cl)CN2C(=O)C(CC)NC(=O)CC(c2ccccc2)NC(=O)C(CO)NC1=O. The Labute approximate surface area is 225 Å². The summed E-state index contributed by atoms with van der Waals surface area (Å²) in [7, 11) is 0. The number of alkyl halides is 1. The van der Waals surface area contributed by atoms with Crippen LogP contribution in [0.5, 0.6) is 0 Å². The molecular weight excluding hydrogens is 518 g/mol. The summed E-state index contributed by atoms with van der Waals surface area (Å²) in [6.07, 6.45) is -1.34. The highest BCUT2D eigenvalue weighted by molar-refractivity contribution is 6.22. The van der Waals surface area contributed by atoms with Crippen LogP contribution >= 0.6 is 11.6 Å². The predicted octanol–water partition coefficient (Wildman–Crippen LogP) is -1.31. The molecule has 0 aliphatic carbocycles. The van der Waals surface area contributed by atoms with Gasteiger partial charge in [-0.25, -0.2) is 0 Å². The standard InChI is InChI=1S/C25H34ClN5O7/c1-3-15-22(35)30-18(12-32)23(36)29-17(13-8-6-5-7-9-13)10-19(33)27-16(4-2)25(38)31-11-14(26)21(34)20(31)24(37)28-15/h5-9,14-18,20-21,32,34H,3-4,10-12H2,1-2H3,(H,27,33)(H,28,37)(H,29,36)(H,30,35). The van der Waals surface area contributed by atoms with Gasteiger partial charge in [0.25, 0.3) is 0 Å². The third-order valence-corrected chi connectivity index (χ3v) is 7.16. The number of halogens is 1. The molecule has 2 aliphatic rings. The minimum atomic E-state index is -1.41. The van der Waals surface area contributed by atoms with E-state index in [9.17, 15) is 34.2 Å². The molecule has 0 aromatic heterocycles. The third kappa shape index (κ3) is 6.61. The Kier molecular flexibility index (Phi) is 10.1. The van der Waals surface area contributed by atoms with Crippen molar-refractivity contribution in [3.63, 3.8) is 0 Å². The molecule has 1 aromatic rings. The van der Waals surface area contributed by atoms with Crippen molar-refractivity contribution >= 4 is 41.1 Å². The quantitative estimate of drug-likeness (QED) is 0.252. The van der Waals surface area contributed by atoms with Gasteiger partial charge >= 0.3 is 0 Å². The second-order valence-corrected chi connectivity index (χ2v) is 9.92. The monoisotopic (exact) mass is 551 g/mol. The molecule has 2 fully saturated rings. The Morgan fingerprint density at radius 3 is 2.08 bits per heavy atom. The van der Waals surface area contributed by atoms with Gasteiger partial charge in [0.15, 0.2) is 0 Å². The number of aliphatic hydroxyl groups is 2. The van der Waals surface area contributed by atoms with Crippen molar-refractivity contribution in [3.05, 3.63) is 35.9 Å². The fraction of sp³-hybridized carbons (Fsp3) is 0.560. The smallest absolute Gasteiger partial charge is 0.246 e. The van der Waals surface area contributed by atoms with Crippen molar-refractivity contribution in [1.29, 1.82) is 0 Å². The van der Waals surface area contributed by atoms with Gasteiger partial charge < -0.3 is 36.4 Å². The topological polar surface area (TPSA) is 177 Å². The van der Waals surface area contributed by atoms with Gasteiger partial charge in [-0.1, -0.05) is 44.2 Å². The summed E-state index contributed by atoms with van der Waals surface area (Å²) in [5.74, 6) is -3.44. The summed E-state index contributed by atoms with van der Waals surface area (Å²) >= 11 is 6.21. The molecule has 0 spiro atoms. The first-order chi connectivity index (χ1) is 18.1. The van der Waals surface area contributed by atoms with Crippen LogP contribution in [0.2, 0.25) is 0 Å². The van der Waals surface area contributed by atoms with E-state index in [2.05, 4.69) is 21.3 Å². The molecule has 5 amide bonds. The number of nitrogens with one attached hydrogen (secondary N) is 4. The number of carbonyl (C=O) groups excluding carboxylic acids is 5. The third-order valence-electron chi connectivity index (χ3n) is 6.76. The summed E-state index contributed by atoms with van der Waals surface area (Å²) in [6.45, 7) is 2.44. The van der Waals surface area contributed by atoms with Crippen LogP contribution in [0.25, 0.3) is 0 Å². The lowest BCUT2D eigenvalue weighted by Gasteiger charge is -2.31. The van der Waals surface area contributed by atoms with Gasteiger partial charge in [0.2, 0.25) is 29.5 Å². The average molecular weight is 552 g/mol. The van der Waals surface area contributed by atoms with Crippen LogP contribution in [-0.4, -0.2) is 93.4 Å². The van der Waals surface area contributed by atoms with E-state index in [1.807, 2.05) is 0 Å². The molecule has 0 radical (unpaired) electrons. The molecule has 7 atom stereocenters. The zero-order valence-electron chi connectivity index (χ0n) is 21.2. The highest BCUT2D eigenvalue weighted by Crippen LogP contribution is 2.25. The van der Waals surface area contributed by atoms with Crippen molar-refractivity contribution < 1.29 is 34.2 Å². The summed E-state index contributed by atoms with van der Waals surface area (Å²) in [5, 5.41) is 29.8. The second-order valence-electron chi connectivity index (χ2n) is 9.36. The maximum Gasteiger partial charge on any atom is 0.246 e. The van der Waals surface area contributed by atoms with Crippen molar-refractivity contribution in [2.45, 2.75) is 74.8 Å². The number of amides is 5.